The SMILES string of the molecule is CC1NCCN(C(=O)c2n[nH]c(=O)c3ccccc23)C1C.Cl. The number of piperazine rings is 1. The zero-order valence-corrected chi connectivity index (χ0v) is 13.3. The fraction of sp³-hybridized carbons (Fsp3) is 0.400. The molecule has 2 heterocycles. The van der Waals surface area contributed by atoms with Gasteiger partial charge in [0.05, 0.1) is 5.39 Å². The number of nitrogens with zero attached hydrogens (tertiary/aromatic N) is 2. The number of benzene rings is 1. The lowest BCUT2D eigenvalue weighted by Crippen LogP contribution is -2.57. The monoisotopic (exact) mass is 322 g/mol. The van der Waals surface area contributed by atoms with E-state index >= 15 is 0 Å². The van der Waals surface area contributed by atoms with Gasteiger partial charge in [0.15, 0.2) is 5.69 Å². The third-order valence-corrected chi connectivity index (χ3v) is 4.19. The van der Waals surface area contributed by atoms with Crippen molar-refractivity contribution in [1.29, 1.82) is 0 Å². The van der Waals surface area contributed by atoms with Crippen molar-refractivity contribution in [2.75, 3.05) is 13.1 Å². The molecule has 22 heavy (non-hydrogen) atoms. The molecule has 0 spiro atoms. The van der Waals surface area contributed by atoms with Crippen LogP contribution in [-0.4, -0.2) is 46.2 Å². The fourth-order valence-electron chi connectivity index (χ4n) is 2.76. The van der Waals surface area contributed by atoms with Gasteiger partial charge in [0.25, 0.3) is 11.5 Å². The molecule has 2 unspecified atom stereocenters. The Morgan fingerprint density at radius 1 is 1.27 bits per heavy atom. The highest BCUT2D eigenvalue weighted by Crippen LogP contribution is 2.17. The molecule has 1 saturated heterocycles. The van der Waals surface area contributed by atoms with E-state index in [0.717, 1.165) is 6.54 Å². The first-order chi connectivity index (χ1) is 10.1. The summed E-state index contributed by atoms with van der Waals surface area (Å²) in [6.45, 7) is 5.48. The Kier molecular flexibility index (Phi) is 4.83. The number of H-pyrrole nitrogens is 1. The molecule has 2 aromatic rings. The average Bonchev–Trinajstić information content (AvgIpc) is 2.50. The second-order valence-electron chi connectivity index (χ2n) is 5.43. The Labute approximate surface area is 134 Å². The van der Waals surface area contributed by atoms with Crippen molar-refractivity contribution in [3.63, 3.8) is 0 Å². The first-order valence-corrected chi connectivity index (χ1v) is 7.11. The molecule has 3 rings (SSSR count). The quantitative estimate of drug-likeness (QED) is 0.826. The lowest BCUT2D eigenvalue weighted by molar-refractivity contribution is 0.0598. The maximum atomic E-state index is 12.8. The predicted molar refractivity (Wildman–Crippen MR) is 87.6 cm³/mol. The zero-order valence-electron chi connectivity index (χ0n) is 12.5. The summed E-state index contributed by atoms with van der Waals surface area (Å²) in [6.07, 6.45) is 0. The number of hydrogen-bond acceptors (Lipinski definition) is 4. The minimum atomic E-state index is -0.274. The summed E-state index contributed by atoms with van der Waals surface area (Å²) in [7, 11) is 0. The van der Waals surface area contributed by atoms with E-state index < -0.39 is 0 Å². The van der Waals surface area contributed by atoms with Gasteiger partial charge in [-0.15, -0.1) is 12.4 Å². The van der Waals surface area contributed by atoms with Gasteiger partial charge >= 0.3 is 0 Å². The molecule has 7 heteroatoms. The van der Waals surface area contributed by atoms with Gasteiger partial charge in [-0.1, -0.05) is 18.2 Å². The standard InChI is InChI=1S/C15H18N4O2.ClH/c1-9-10(2)19(8-7-16-9)15(21)13-11-5-3-4-6-12(11)14(20)18-17-13;/h3-6,9-10,16H,7-8H2,1-2H3,(H,18,20);1H. The molecule has 2 N–H and O–H groups in total. The van der Waals surface area contributed by atoms with Gasteiger partial charge in [0.2, 0.25) is 0 Å². The Bertz CT molecular complexity index is 746. The number of amides is 1. The molecule has 1 fully saturated rings. The van der Waals surface area contributed by atoms with Gasteiger partial charge < -0.3 is 10.2 Å². The van der Waals surface area contributed by atoms with Crippen molar-refractivity contribution in [3.8, 4) is 0 Å². The van der Waals surface area contributed by atoms with Gasteiger partial charge in [0, 0.05) is 30.6 Å². The summed E-state index contributed by atoms with van der Waals surface area (Å²) in [6, 6.07) is 7.37. The summed E-state index contributed by atoms with van der Waals surface area (Å²) in [4.78, 5) is 26.4. The van der Waals surface area contributed by atoms with Gasteiger partial charge in [-0.3, -0.25) is 9.59 Å². The minimum Gasteiger partial charge on any atom is -0.332 e. The molecule has 1 aliphatic heterocycles. The number of aromatic nitrogens is 2. The molecule has 0 radical (unpaired) electrons. The Balaban J connectivity index is 0.00000176. The summed E-state index contributed by atoms with van der Waals surface area (Å²) in [5, 5.41) is 10.8. The van der Waals surface area contributed by atoms with E-state index in [4.69, 9.17) is 0 Å². The second-order valence-corrected chi connectivity index (χ2v) is 5.43. The number of carbonyl (C=O) groups excluding carboxylic acids is 1. The van der Waals surface area contributed by atoms with E-state index in [-0.39, 0.29) is 36.0 Å². The Morgan fingerprint density at radius 3 is 2.68 bits per heavy atom. The largest absolute Gasteiger partial charge is 0.332 e. The van der Waals surface area contributed by atoms with Crippen LogP contribution in [0.15, 0.2) is 29.1 Å². The van der Waals surface area contributed by atoms with Crippen molar-refractivity contribution >= 4 is 29.1 Å². The van der Waals surface area contributed by atoms with Crippen LogP contribution >= 0.6 is 12.4 Å². The van der Waals surface area contributed by atoms with Crippen LogP contribution in [0.25, 0.3) is 10.8 Å². The van der Waals surface area contributed by atoms with E-state index in [2.05, 4.69) is 22.4 Å². The Morgan fingerprint density at radius 2 is 1.95 bits per heavy atom. The normalized spacial score (nSPS) is 21.5. The molecule has 0 saturated carbocycles. The maximum Gasteiger partial charge on any atom is 0.275 e. The molecule has 1 amide bonds. The highest BCUT2D eigenvalue weighted by molar-refractivity contribution is 6.04. The van der Waals surface area contributed by atoms with E-state index in [1.807, 2.05) is 17.9 Å². The number of carbonyl (C=O) groups is 1. The van der Waals surface area contributed by atoms with E-state index in [1.54, 1.807) is 18.2 Å². The number of halogens is 1. The molecule has 118 valence electrons. The summed E-state index contributed by atoms with van der Waals surface area (Å²) in [5.74, 6) is -0.136. The first-order valence-electron chi connectivity index (χ1n) is 7.11. The van der Waals surface area contributed by atoms with Crippen molar-refractivity contribution in [2.24, 2.45) is 0 Å². The predicted octanol–water partition coefficient (Wildman–Crippen LogP) is 1.17. The van der Waals surface area contributed by atoms with Crippen LogP contribution in [0.5, 0.6) is 0 Å². The molecule has 1 aromatic carbocycles. The van der Waals surface area contributed by atoms with Crippen LogP contribution in [0.2, 0.25) is 0 Å². The fourth-order valence-corrected chi connectivity index (χ4v) is 2.76. The minimum absolute atomic E-state index is 0. The second kappa shape index (κ2) is 6.46. The van der Waals surface area contributed by atoms with E-state index in [1.165, 1.54) is 0 Å². The lowest BCUT2D eigenvalue weighted by atomic mass is 10.1. The Hall–Kier alpha value is -1.92. The van der Waals surface area contributed by atoms with Crippen molar-refractivity contribution < 1.29 is 4.79 Å². The number of hydrogen-bond donors (Lipinski definition) is 2. The van der Waals surface area contributed by atoms with Crippen molar-refractivity contribution in [2.45, 2.75) is 25.9 Å². The van der Waals surface area contributed by atoms with Crippen LogP contribution in [0.4, 0.5) is 0 Å². The summed E-state index contributed by atoms with van der Waals surface area (Å²) >= 11 is 0. The molecule has 1 aromatic heterocycles. The van der Waals surface area contributed by atoms with E-state index in [0.29, 0.717) is 23.0 Å². The van der Waals surface area contributed by atoms with Crippen molar-refractivity contribution in [1.82, 2.24) is 20.4 Å². The number of rotatable bonds is 1. The molecule has 2 atom stereocenters. The third-order valence-electron chi connectivity index (χ3n) is 4.19. The zero-order chi connectivity index (χ0) is 15.0. The number of nitrogens with one attached hydrogen (secondary N) is 2. The highest BCUT2D eigenvalue weighted by Gasteiger charge is 2.30. The van der Waals surface area contributed by atoms with Gasteiger partial charge in [0.1, 0.15) is 0 Å². The molecular weight excluding hydrogens is 304 g/mol. The molecule has 0 bridgehead atoms. The van der Waals surface area contributed by atoms with Gasteiger partial charge in [-0.25, -0.2) is 5.10 Å². The maximum absolute atomic E-state index is 12.8. The lowest BCUT2D eigenvalue weighted by Gasteiger charge is -2.38. The smallest absolute Gasteiger partial charge is 0.275 e. The number of aromatic amines is 1. The topological polar surface area (TPSA) is 78.1 Å². The van der Waals surface area contributed by atoms with Crippen LogP contribution < -0.4 is 10.9 Å². The first kappa shape index (κ1) is 16.5. The molecule has 1 aliphatic rings. The highest BCUT2D eigenvalue weighted by atomic mass is 35.5. The summed E-state index contributed by atoms with van der Waals surface area (Å²) < 4.78 is 0. The van der Waals surface area contributed by atoms with Gasteiger partial charge in [-0.2, -0.15) is 5.10 Å². The van der Waals surface area contributed by atoms with E-state index in [9.17, 15) is 9.59 Å². The molecule has 0 aliphatic carbocycles. The third kappa shape index (κ3) is 2.71. The average molecular weight is 323 g/mol. The number of fused-ring (bicyclic) bond motifs is 1. The van der Waals surface area contributed by atoms with Crippen molar-refractivity contribution in [3.05, 3.63) is 40.3 Å². The van der Waals surface area contributed by atoms with Crippen LogP contribution in [-0.2, 0) is 0 Å². The van der Waals surface area contributed by atoms with Gasteiger partial charge in [-0.05, 0) is 19.9 Å². The summed E-state index contributed by atoms with van der Waals surface area (Å²) in [5.41, 5.74) is 0.0371. The molecular formula is C15H19ClN4O2. The van der Waals surface area contributed by atoms with Crippen LogP contribution in [0, 0.1) is 0 Å². The molecule has 6 nitrogen and oxygen atoms in total. The van der Waals surface area contributed by atoms with Crippen LogP contribution in [0.3, 0.4) is 0 Å². The van der Waals surface area contributed by atoms with Crippen LogP contribution in [0.1, 0.15) is 24.3 Å².